The lowest BCUT2D eigenvalue weighted by Gasteiger charge is -1.89. The molecule has 0 saturated heterocycles. The summed E-state index contributed by atoms with van der Waals surface area (Å²) in [5.41, 5.74) is 0.760. The normalized spacial score (nSPS) is 13.1. The van der Waals surface area contributed by atoms with Gasteiger partial charge in [-0.05, 0) is 13.0 Å². The Labute approximate surface area is 79.5 Å². The molecule has 0 spiro atoms. The second-order valence-electron chi connectivity index (χ2n) is 2.59. The van der Waals surface area contributed by atoms with Crippen LogP contribution in [0.5, 0.6) is 0 Å². The Morgan fingerprint density at radius 3 is 2.92 bits per heavy atom. The van der Waals surface area contributed by atoms with Crippen LogP contribution >= 0.6 is 11.6 Å². The zero-order valence-corrected chi connectivity index (χ0v) is 7.65. The fourth-order valence-electron chi connectivity index (χ4n) is 0.900. The molecule has 0 bridgehead atoms. The lowest BCUT2D eigenvalue weighted by molar-refractivity contribution is 0.422. The fourth-order valence-corrected chi connectivity index (χ4v) is 0.988. The summed E-state index contributed by atoms with van der Waals surface area (Å²) in [5.74, 6) is 0.911. The van der Waals surface area contributed by atoms with Gasteiger partial charge in [0, 0.05) is 0 Å². The lowest BCUT2D eigenvalue weighted by atomic mass is 10.3. The van der Waals surface area contributed by atoms with Crippen LogP contribution < -0.4 is 0 Å². The summed E-state index contributed by atoms with van der Waals surface area (Å²) in [6.07, 6.45) is 3.08. The molecular weight excluding hydrogens is 192 g/mol. The monoisotopic (exact) mass is 198 g/mol. The van der Waals surface area contributed by atoms with E-state index in [2.05, 4.69) is 10.1 Å². The van der Waals surface area contributed by atoms with Gasteiger partial charge in [-0.25, -0.2) is 0 Å². The molecule has 0 radical (unpaired) electrons. The van der Waals surface area contributed by atoms with E-state index in [1.54, 1.807) is 19.3 Å². The molecule has 2 rings (SSSR count). The smallest absolute Gasteiger partial charge is 0.261 e. The second-order valence-corrected chi connectivity index (χ2v) is 3.24. The van der Waals surface area contributed by atoms with Crippen molar-refractivity contribution in [3.8, 4) is 11.5 Å². The van der Waals surface area contributed by atoms with Crippen molar-refractivity contribution in [3.63, 3.8) is 0 Å². The van der Waals surface area contributed by atoms with Gasteiger partial charge in [0.2, 0.25) is 0 Å². The van der Waals surface area contributed by atoms with Crippen LogP contribution in [-0.4, -0.2) is 10.1 Å². The summed E-state index contributed by atoms with van der Waals surface area (Å²) in [6.45, 7) is 1.78. The van der Waals surface area contributed by atoms with Crippen LogP contribution in [0.3, 0.4) is 0 Å². The maximum Gasteiger partial charge on any atom is 0.261 e. The van der Waals surface area contributed by atoms with Gasteiger partial charge in [0.05, 0.1) is 17.2 Å². The largest absolute Gasteiger partial charge is 0.472 e. The Bertz CT molecular complexity index is 381. The second kappa shape index (κ2) is 3.22. The highest BCUT2D eigenvalue weighted by atomic mass is 35.5. The van der Waals surface area contributed by atoms with Crippen molar-refractivity contribution in [2.24, 2.45) is 0 Å². The maximum atomic E-state index is 5.77. The first-order valence-corrected chi connectivity index (χ1v) is 4.21. The highest BCUT2D eigenvalue weighted by Gasteiger charge is 2.12. The van der Waals surface area contributed by atoms with Crippen LogP contribution in [0.15, 0.2) is 27.5 Å². The van der Waals surface area contributed by atoms with E-state index in [0.717, 1.165) is 5.56 Å². The maximum absolute atomic E-state index is 5.77. The zero-order chi connectivity index (χ0) is 9.26. The molecule has 0 amide bonds. The molecular formula is C8H7ClN2O2. The average molecular weight is 199 g/mol. The van der Waals surface area contributed by atoms with Crippen molar-refractivity contribution in [3.05, 3.63) is 24.4 Å². The van der Waals surface area contributed by atoms with Crippen LogP contribution in [0, 0.1) is 0 Å². The fraction of sp³-hybridized carbons (Fsp3) is 0.250. The molecule has 0 saturated carbocycles. The third-order valence-corrected chi connectivity index (χ3v) is 1.76. The van der Waals surface area contributed by atoms with Gasteiger partial charge in [-0.1, -0.05) is 5.16 Å². The predicted molar refractivity (Wildman–Crippen MR) is 46.3 cm³/mol. The summed E-state index contributed by atoms with van der Waals surface area (Å²) >= 11 is 5.77. The van der Waals surface area contributed by atoms with Gasteiger partial charge in [-0.2, -0.15) is 4.98 Å². The molecule has 0 aliphatic carbocycles. The molecule has 1 unspecified atom stereocenters. The Balaban J connectivity index is 2.33. The van der Waals surface area contributed by atoms with Gasteiger partial charge in [-0.3, -0.25) is 0 Å². The van der Waals surface area contributed by atoms with E-state index in [-0.39, 0.29) is 5.38 Å². The van der Waals surface area contributed by atoms with E-state index < -0.39 is 0 Å². The summed E-state index contributed by atoms with van der Waals surface area (Å²) < 4.78 is 9.84. The third kappa shape index (κ3) is 1.58. The van der Waals surface area contributed by atoms with Crippen LogP contribution in [0.4, 0.5) is 0 Å². The minimum absolute atomic E-state index is 0.246. The van der Waals surface area contributed by atoms with Crippen molar-refractivity contribution in [2.75, 3.05) is 0 Å². The van der Waals surface area contributed by atoms with Crippen molar-refractivity contribution in [1.82, 2.24) is 10.1 Å². The Hall–Kier alpha value is -1.29. The Morgan fingerprint density at radius 2 is 2.38 bits per heavy atom. The van der Waals surface area contributed by atoms with Crippen LogP contribution in [0.25, 0.3) is 11.5 Å². The van der Waals surface area contributed by atoms with Crippen molar-refractivity contribution < 1.29 is 8.94 Å². The van der Waals surface area contributed by atoms with Crippen molar-refractivity contribution >= 4 is 11.6 Å². The predicted octanol–water partition coefficient (Wildman–Crippen LogP) is 2.63. The molecule has 0 aromatic carbocycles. The first-order chi connectivity index (χ1) is 6.27. The number of aromatic nitrogens is 2. The molecule has 0 fully saturated rings. The first-order valence-electron chi connectivity index (χ1n) is 3.77. The van der Waals surface area contributed by atoms with Gasteiger partial charge < -0.3 is 8.94 Å². The van der Waals surface area contributed by atoms with Gasteiger partial charge in [-0.15, -0.1) is 11.6 Å². The molecule has 2 heterocycles. The molecule has 0 aliphatic heterocycles. The molecule has 0 aliphatic rings. The molecule has 0 N–H and O–H groups in total. The van der Waals surface area contributed by atoms with E-state index in [1.807, 2.05) is 0 Å². The number of rotatable bonds is 2. The molecule has 1 atom stereocenters. The minimum Gasteiger partial charge on any atom is -0.472 e. The molecule has 13 heavy (non-hydrogen) atoms. The molecule has 5 heteroatoms. The number of hydrogen-bond acceptors (Lipinski definition) is 4. The van der Waals surface area contributed by atoms with Gasteiger partial charge in [0.15, 0.2) is 5.82 Å². The van der Waals surface area contributed by atoms with Gasteiger partial charge in [0.1, 0.15) is 6.26 Å². The highest BCUT2D eigenvalue weighted by Crippen LogP contribution is 2.21. The van der Waals surface area contributed by atoms with Gasteiger partial charge in [0.25, 0.3) is 5.89 Å². The van der Waals surface area contributed by atoms with E-state index in [1.165, 1.54) is 6.26 Å². The summed E-state index contributed by atoms with van der Waals surface area (Å²) in [6, 6.07) is 1.75. The van der Waals surface area contributed by atoms with E-state index in [4.69, 9.17) is 20.5 Å². The minimum atomic E-state index is -0.246. The van der Waals surface area contributed by atoms with E-state index in [9.17, 15) is 0 Å². The topological polar surface area (TPSA) is 52.1 Å². The van der Waals surface area contributed by atoms with E-state index in [0.29, 0.717) is 11.7 Å². The van der Waals surface area contributed by atoms with Crippen LogP contribution in [-0.2, 0) is 0 Å². The highest BCUT2D eigenvalue weighted by molar-refractivity contribution is 6.20. The SMILES string of the molecule is CC(Cl)c1noc(-c2ccoc2)n1. The number of alkyl halides is 1. The van der Waals surface area contributed by atoms with Crippen LogP contribution in [0.1, 0.15) is 18.1 Å². The van der Waals surface area contributed by atoms with Crippen LogP contribution in [0.2, 0.25) is 0 Å². The number of hydrogen-bond donors (Lipinski definition) is 0. The Morgan fingerprint density at radius 1 is 1.54 bits per heavy atom. The van der Waals surface area contributed by atoms with Crippen molar-refractivity contribution in [2.45, 2.75) is 12.3 Å². The number of furan rings is 1. The number of nitrogens with zero attached hydrogens (tertiary/aromatic N) is 2. The van der Waals surface area contributed by atoms with Crippen molar-refractivity contribution in [1.29, 1.82) is 0 Å². The summed E-state index contributed by atoms with van der Waals surface area (Å²) in [4.78, 5) is 4.08. The molecule has 2 aromatic rings. The zero-order valence-electron chi connectivity index (χ0n) is 6.90. The quantitative estimate of drug-likeness (QED) is 0.696. The lowest BCUT2D eigenvalue weighted by Crippen LogP contribution is -1.86. The molecule has 4 nitrogen and oxygen atoms in total. The van der Waals surface area contributed by atoms with E-state index >= 15 is 0 Å². The summed E-state index contributed by atoms with van der Waals surface area (Å²) in [7, 11) is 0. The molecule has 2 aromatic heterocycles. The van der Waals surface area contributed by atoms with Gasteiger partial charge >= 0.3 is 0 Å². The first kappa shape index (κ1) is 8.31. The Kier molecular flexibility index (Phi) is 2.06. The average Bonchev–Trinajstić information content (AvgIpc) is 2.75. The number of halogens is 1. The summed E-state index contributed by atoms with van der Waals surface area (Å²) in [5, 5.41) is 3.47. The molecule has 68 valence electrons. The standard InChI is InChI=1S/C8H7ClN2O2/c1-5(9)7-10-8(13-11-7)6-2-3-12-4-6/h2-5H,1H3. The third-order valence-electron chi connectivity index (χ3n) is 1.57.